The van der Waals surface area contributed by atoms with Crippen LogP contribution in [0, 0.1) is 27.7 Å². The normalized spacial score (nSPS) is 16.6. The number of rotatable bonds is 2. The lowest BCUT2D eigenvalue weighted by Gasteiger charge is -2.20. The fourth-order valence-electron chi connectivity index (χ4n) is 3.42. The first-order valence-corrected chi connectivity index (χ1v) is 7.25. The predicted molar refractivity (Wildman–Crippen MR) is 84.8 cm³/mol. The summed E-state index contributed by atoms with van der Waals surface area (Å²) in [5, 5.41) is 0. The third-order valence-electron chi connectivity index (χ3n) is 4.93. The van der Waals surface area contributed by atoms with Crippen LogP contribution in [0.3, 0.4) is 0 Å². The number of esters is 2. The summed E-state index contributed by atoms with van der Waals surface area (Å²) in [6.07, 6.45) is 0. The minimum Gasteiger partial charge on any atom is -0.468 e. The first kappa shape index (κ1) is 16.3. The van der Waals surface area contributed by atoms with Crippen LogP contribution in [0.25, 0.3) is 5.57 Å². The zero-order valence-electron chi connectivity index (χ0n) is 14.2. The molecule has 4 nitrogen and oxygen atoms in total. The van der Waals surface area contributed by atoms with Crippen molar-refractivity contribution in [1.29, 1.82) is 0 Å². The molecular weight excluding hydrogens is 280 g/mol. The van der Waals surface area contributed by atoms with Crippen LogP contribution >= 0.6 is 0 Å². The zero-order valence-corrected chi connectivity index (χ0v) is 14.2. The molecule has 2 rings (SSSR count). The second-order valence-corrected chi connectivity index (χ2v) is 5.78. The van der Waals surface area contributed by atoms with Crippen LogP contribution < -0.4 is 0 Å². The average Bonchev–Trinajstić information content (AvgIpc) is 2.82. The molecule has 0 saturated heterocycles. The van der Waals surface area contributed by atoms with E-state index >= 15 is 0 Å². The molecule has 22 heavy (non-hydrogen) atoms. The molecule has 0 amide bonds. The third-order valence-corrected chi connectivity index (χ3v) is 4.93. The molecule has 0 radical (unpaired) electrons. The standard InChI is InChI=1S/C18H22O4/c1-8-9(2)11(4)14-13(10(8)3)12(5)15(17(19)21-6)16(14)18(20)22-7/h16H,1-7H3. The molecule has 0 spiro atoms. The molecule has 0 N–H and O–H groups in total. The Morgan fingerprint density at radius 2 is 1.36 bits per heavy atom. The average molecular weight is 302 g/mol. The van der Waals surface area contributed by atoms with Gasteiger partial charge in [-0.05, 0) is 73.6 Å². The number of methoxy groups -OCH3 is 2. The molecule has 0 aromatic heterocycles. The molecule has 0 fully saturated rings. The van der Waals surface area contributed by atoms with E-state index in [4.69, 9.17) is 9.47 Å². The lowest BCUT2D eigenvalue weighted by molar-refractivity contribution is -0.144. The van der Waals surface area contributed by atoms with E-state index < -0.39 is 17.9 Å². The fraction of sp³-hybridized carbons (Fsp3) is 0.444. The highest BCUT2D eigenvalue weighted by atomic mass is 16.5. The van der Waals surface area contributed by atoms with Crippen molar-refractivity contribution in [2.45, 2.75) is 40.5 Å². The number of fused-ring (bicyclic) bond motifs is 1. The Balaban J connectivity index is 2.88. The Hall–Kier alpha value is -2.10. The zero-order chi connectivity index (χ0) is 16.8. The maximum Gasteiger partial charge on any atom is 0.335 e. The van der Waals surface area contributed by atoms with Crippen molar-refractivity contribution in [3.05, 3.63) is 39.0 Å². The van der Waals surface area contributed by atoms with Gasteiger partial charge in [0.25, 0.3) is 0 Å². The highest BCUT2D eigenvalue weighted by Gasteiger charge is 2.42. The first-order valence-electron chi connectivity index (χ1n) is 7.25. The van der Waals surface area contributed by atoms with Gasteiger partial charge in [-0.25, -0.2) is 4.79 Å². The van der Waals surface area contributed by atoms with E-state index in [1.807, 2.05) is 27.7 Å². The number of ether oxygens (including phenoxy) is 2. The van der Waals surface area contributed by atoms with Crippen LogP contribution in [-0.4, -0.2) is 26.2 Å². The summed E-state index contributed by atoms with van der Waals surface area (Å²) in [7, 11) is 2.67. The van der Waals surface area contributed by atoms with E-state index in [0.717, 1.165) is 33.4 Å². The maximum atomic E-state index is 12.3. The van der Waals surface area contributed by atoms with Crippen molar-refractivity contribution in [3.63, 3.8) is 0 Å². The molecule has 0 aliphatic heterocycles. The minimum atomic E-state index is -0.703. The monoisotopic (exact) mass is 302 g/mol. The van der Waals surface area contributed by atoms with Gasteiger partial charge in [0.1, 0.15) is 5.92 Å². The SMILES string of the molecule is COC(=O)C1=C(C)c2c(C)c(C)c(C)c(C)c2C1C(=O)OC. The molecule has 1 aliphatic carbocycles. The summed E-state index contributed by atoms with van der Waals surface area (Å²) >= 11 is 0. The Labute approximate surface area is 131 Å². The summed E-state index contributed by atoms with van der Waals surface area (Å²) in [6, 6.07) is 0. The van der Waals surface area contributed by atoms with Gasteiger partial charge < -0.3 is 9.47 Å². The number of allylic oxidation sites excluding steroid dienone is 1. The second kappa shape index (κ2) is 5.59. The molecule has 0 heterocycles. The molecule has 118 valence electrons. The van der Waals surface area contributed by atoms with Crippen molar-refractivity contribution in [3.8, 4) is 0 Å². The van der Waals surface area contributed by atoms with Crippen LogP contribution in [-0.2, 0) is 19.1 Å². The lowest BCUT2D eigenvalue weighted by Crippen LogP contribution is -2.21. The summed E-state index contributed by atoms with van der Waals surface area (Å²) in [5.41, 5.74) is 7.52. The molecule has 1 aromatic carbocycles. The van der Waals surface area contributed by atoms with E-state index in [1.165, 1.54) is 19.8 Å². The smallest absolute Gasteiger partial charge is 0.335 e. The van der Waals surface area contributed by atoms with Crippen molar-refractivity contribution in [2.24, 2.45) is 0 Å². The third kappa shape index (κ3) is 2.05. The van der Waals surface area contributed by atoms with Gasteiger partial charge in [0.2, 0.25) is 0 Å². The van der Waals surface area contributed by atoms with Gasteiger partial charge in [-0.1, -0.05) is 0 Å². The molecule has 1 aliphatic rings. The summed E-state index contributed by atoms with van der Waals surface area (Å²) < 4.78 is 9.84. The van der Waals surface area contributed by atoms with E-state index in [0.29, 0.717) is 5.57 Å². The first-order chi connectivity index (χ1) is 10.3. The number of carbonyl (C=O) groups is 2. The van der Waals surface area contributed by atoms with Crippen LogP contribution in [0.1, 0.15) is 46.2 Å². The highest BCUT2D eigenvalue weighted by Crippen LogP contribution is 2.47. The number of hydrogen-bond acceptors (Lipinski definition) is 4. The van der Waals surface area contributed by atoms with Crippen LogP contribution in [0.5, 0.6) is 0 Å². The van der Waals surface area contributed by atoms with Crippen molar-refractivity contribution < 1.29 is 19.1 Å². The van der Waals surface area contributed by atoms with Crippen LogP contribution in [0.4, 0.5) is 0 Å². The molecule has 0 saturated carbocycles. The van der Waals surface area contributed by atoms with Crippen LogP contribution in [0.2, 0.25) is 0 Å². The largest absolute Gasteiger partial charge is 0.468 e. The predicted octanol–water partition coefficient (Wildman–Crippen LogP) is 3.14. The maximum absolute atomic E-state index is 12.3. The van der Waals surface area contributed by atoms with Crippen molar-refractivity contribution >= 4 is 17.5 Å². The molecule has 0 bridgehead atoms. The number of hydrogen-bond donors (Lipinski definition) is 0. The summed E-state index contributed by atoms with van der Waals surface area (Å²) in [5.74, 6) is -1.60. The second-order valence-electron chi connectivity index (χ2n) is 5.78. The van der Waals surface area contributed by atoms with Gasteiger partial charge in [0.05, 0.1) is 19.8 Å². The van der Waals surface area contributed by atoms with Crippen molar-refractivity contribution in [2.75, 3.05) is 14.2 Å². The fourth-order valence-corrected chi connectivity index (χ4v) is 3.42. The Morgan fingerprint density at radius 1 is 0.818 bits per heavy atom. The Kier molecular flexibility index (Phi) is 4.14. The van der Waals surface area contributed by atoms with E-state index in [9.17, 15) is 9.59 Å². The van der Waals surface area contributed by atoms with Gasteiger partial charge in [-0.2, -0.15) is 0 Å². The lowest BCUT2D eigenvalue weighted by atomic mass is 9.85. The molecule has 4 heteroatoms. The molecular formula is C18H22O4. The number of carbonyl (C=O) groups excluding carboxylic acids is 2. The number of benzene rings is 1. The minimum absolute atomic E-state index is 0.389. The van der Waals surface area contributed by atoms with Gasteiger partial charge >= 0.3 is 11.9 Å². The van der Waals surface area contributed by atoms with E-state index in [2.05, 4.69) is 6.92 Å². The topological polar surface area (TPSA) is 52.6 Å². The Morgan fingerprint density at radius 3 is 1.86 bits per heavy atom. The van der Waals surface area contributed by atoms with Gasteiger partial charge in [-0.3, -0.25) is 4.79 Å². The van der Waals surface area contributed by atoms with Gasteiger partial charge in [-0.15, -0.1) is 0 Å². The van der Waals surface area contributed by atoms with Crippen molar-refractivity contribution in [1.82, 2.24) is 0 Å². The molecule has 1 unspecified atom stereocenters. The molecule has 1 aromatic rings. The van der Waals surface area contributed by atoms with E-state index in [-0.39, 0.29) is 0 Å². The van der Waals surface area contributed by atoms with Crippen LogP contribution in [0.15, 0.2) is 5.57 Å². The van der Waals surface area contributed by atoms with E-state index in [1.54, 1.807) is 0 Å². The Bertz CT molecular complexity index is 711. The quantitative estimate of drug-likeness (QED) is 0.788. The van der Waals surface area contributed by atoms with Gasteiger partial charge in [0.15, 0.2) is 0 Å². The molecule has 1 atom stereocenters. The summed E-state index contributed by atoms with van der Waals surface area (Å²) in [4.78, 5) is 24.6. The highest BCUT2D eigenvalue weighted by molar-refractivity contribution is 6.09. The summed E-state index contributed by atoms with van der Waals surface area (Å²) in [6.45, 7) is 9.99. The van der Waals surface area contributed by atoms with Gasteiger partial charge in [0, 0.05) is 0 Å².